The van der Waals surface area contributed by atoms with E-state index in [-0.39, 0.29) is 22.6 Å². The Kier molecular flexibility index (Phi) is 8.22. The van der Waals surface area contributed by atoms with Crippen LogP contribution in [0.1, 0.15) is 41.6 Å². The molecule has 4 rings (SSSR count). The number of benzene rings is 3. The van der Waals surface area contributed by atoms with Crippen molar-refractivity contribution in [3.63, 3.8) is 0 Å². The number of carbonyl (C=O) groups is 2. The number of aromatic nitrogens is 1. The third kappa shape index (κ3) is 5.92. The van der Waals surface area contributed by atoms with E-state index in [0.29, 0.717) is 46.6 Å². The van der Waals surface area contributed by atoms with Crippen molar-refractivity contribution in [2.45, 2.75) is 25.7 Å². The van der Waals surface area contributed by atoms with E-state index in [0.717, 1.165) is 15.6 Å². The molecule has 0 aliphatic rings. The van der Waals surface area contributed by atoms with Crippen LogP contribution in [0.25, 0.3) is 22.2 Å². The molecule has 0 spiro atoms. The first kappa shape index (κ1) is 25.4. The van der Waals surface area contributed by atoms with E-state index in [1.54, 1.807) is 6.92 Å². The average molecular weight is 570 g/mol. The highest BCUT2D eigenvalue weighted by Crippen LogP contribution is 2.35. The summed E-state index contributed by atoms with van der Waals surface area (Å²) in [5, 5.41) is 4.59. The number of Topliss-reactive ketones (excluding diaryl/α,β-unsaturated/α-hetero) is 1. The second-order valence-electron chi connectivity index (χ2n) is 8.35. The molecule has 1 amide bonds. The molecule has 4 aromatic rings. The van der Waals surface area contributed by atoms with Gasteiger partial charge in [0.25, 0.3) is 5.91 Å². The number of carbonyl (C=O) groups excluding carboxylic acids is 2. The summed E-state index contributed by atoms with van der Waals surface area (Å²) in [7, 11) is 0. The number of rotatable bonds is 8. The van der Waals surface area contributed by atoms with E-state index in [2.05, 4.69) is 21.2 Å². The molecule has 4 nitrogen and oxygen atoms in total. The van der Waals surface area contributed by atoms with E-state index in [1.165, 1.54) is 0 Å². The van der Waals surface area contributed by atoms with Crippen LogP contribution in [0.5, 0.6) is 0 Å². The molecule has 0 radical (unpaired) electrons. The van der Waals surface area contributed by atoms with Gasteiger partial charge >= 0.3 is 0 Å². The van der Waals surface area contributed by atoms with Gasteiger partial charge in [0.15, 0.2) is 0 Å². The van der Waals surface area contributed by atoms with Crippen molar-refractivity contribution < 1.29 is 9.59 Å². The van der Waals surface area contributed by atoms with Gasteiger partial charge in [0.05, 0.1) is 21.8 Å². The molecule has 0 saturated carbocycles. The molecule has 35 heavy (non-hydrogen) atoms. The Balaban J connectivity index is 1.71. The Morgan fingerprint density at radius 2 is 1.71 bits per heavy atom. The molecule has 0 aliphatic carbocycles. The Morgan fingerprint density at radius 1 is 1.00 bits per heavy atom. The van der Waals surface area contributed by atoms with Crippen LogP contribution in [0, 0.1) is 0 Å². The molecule has 1 unspecified atom stereocenters. The third-order valence-corrected chi connectivity index (χ3v) is 7.07. The van der Waals surface area contributed by atoms with Crippen molar-refractivity contribution in [1.29, 1.82) is 0 Å². The van der Waals surface area contributed by atoms with Crippen LogP contribution in [-0.4, -0.2) is 23.2 Å². The molecule has 0 aliphatic heterocycles. The maximum Gasteiger partial charge on any atom is 0.253 e. The Bertz CT molecular complexity index is 1390. The van der Waals surface area contributed by atoms with Gasteiger partial charge in [-0.3, -0.25) is 4.79 Å². The van der Waals surface area contributed by atoms with Gasteiger partial charge in [0.1, 0.15) is 5.78 Å². The van der Waals surface area contributed by atoms with Crippen molar-refractivity contribution in [2.24, 2.45) is 0 Å². The summed E-state index contributed by atoms with van der Waals surface area (Å²) in [5.41, 5.74) is 3.30. The molecule has 0 bridgehead atoms. The summed E-state index contributed by atoms with van der Waals surface area (Å²) in [4.78, 5) is 30.0. The maximum absolute atomic E-state index is 13.6. The minimum Gasteiger partial charge on any atom is -0.351 e. The predicted molar refractivity (Wildman–Crippen MR) is 146 cm³/mol. The van der Waals surface area contributed by atoms with Crippen molar-refractivity contribution >= 4 is 61.7 Å². The summed E-state index contributed by atoms with van der Waals surface area (Å²) in [5.74, 6) is -0.338. The van der Waals surface area contributed by atoms with Crippen LogP contribution in [0.15, 0.2) is 77.3 Å². The summed E-state index contributed by atoms with van der Waals surface area (Å²) >= 11 is 16.8. The van der Waals surface area contributed by atoms with Crippen molar-refractivity contribution in [2.75, 3.05) is 6.54 Å². The fourth-order valence-electron chi connectivity index (χ4n) is 4.08. The fourth-order valence-corrected chi connectivity index (χ4v) is 5.07. The van der Waals surface area contributed by atoms with E-state index >= 15 is 0 Å². The maximum atomic E-state index is 13.6. The Morgan fingerprint density at radius 3 is 2.43 bits per heavy atom. The molecule has 1 aromatic heterocycles. The lowest BCUT2D eigenvalue weighted by Gasteiger charge is -2.20. The molecule has 1 N–H and O–H groups in total. The van der Waals surface area contributed by atoms with Crippen molar-refractivity contribution in [3.05, 3.63) is 98.4 Å². The second-order valence-corrected chi connectivity index (χ2v) is 10.0. The number of amides is 1. The number of hydrogen-bond donors (Lipinski definition) is 1. The highest BCUT2D eigenvalue weighted by atomic mass is 79.9. The monoisotopic (exact) mass is 568 g/mol. The molecular formula is C28H23BrCl2N2O2. The largest absolute Gasteiger partial charge is 0.351 e. The first-order valence-corrected chi connectivity index (χ1v) is 12.8. The number of pyridine rings is 1. The second kappa shape index (κ2) is 11.3. The SMILES string of the molecule is CC(=O)CCC(CNC(=O)c1c(Cl)c(-c2ccccc2)nc2ccc(Br)cc12)c1ccccc1Cl. The number of nitrogens with one attached hydrogen (secondary N) is 1. The third-order valence-electron chi connectivity index (χ3n) is 5.86. The van der Waals surface area contributed by atoms with Gasteiger partial charge < -0.3 is 10.1 Å². The van der Waals surface area contributed by atoms with Gasteiger partial charge in [-0.2, -0.15) is 0 Å². The van der Waals surface area contributed by atoms with Gasteiger partial charge in [-0.1, -0.05) is 87.7 Å². The molecular weight excluding hydrogens is 547 g/mol. The summed E-state index contributed by atoms with van der Waals surface area (Å²) < 4.78 is 0.819. The van der Waals surface area contributed by atoms with Gasteiger partial charge in [-0.05, 0) is 43.2 Å². The number of fused-ring (bicyclic) bond motifs is 1. The van der Waals surface area contributed by atoms with Crippen LogP contribution in [-0.2, 0) is 4.79 Å². The zero-order chi connectivity index (χ0) is 24.9. The number of ketones is 1. The highest BCUT2D eigenvalue weighted by molar-refractivity contribution is 9.10. The zero-order valence-corrected chi connectivity index (χ0v) is 22.1. The lowest BCUT2D eigenvalue weighted by atomic mass is 9.93. The zero-order valence-electron chi connectivity index (χ0n) is 19.0. The van der Waals surface area contributed by atoms with Gasteiger partial charge in [0.2, 0.25) is 0 Å². The van der Waals surface area contributed by atoms with Crippen LogP contribution < -0.4 is 5.32 Å². The number of hydrogen-bond acceptors (Lipinski definition) is 3. The van der Waals surface area contributed by atoms with Crippen LogP contribution >= 0.6 is 39.1 Å². The lowest BCUT2D eigenvalue weighted by molar-refractivity contribution is -0.117. The first-order chi connectivity index (χ1) is 16.8. The number of halogens is 3. The Hall–Kier alpha value is -2.73. The average Bonchev–Trinajstić information content (AvgIpc) is 2.84. The van der Waals surface area contributed by atoms with E-state index in [4.69, 9.17) is 28.2 Å². The van der Waals surface area contributed by atoms with Crippen molar-refractivity contribution in [1.82, 2.24) is 10.3 Å². The first-order valence-electron chi connectivity index (χ1n) is 11.2. The van der Waals surface area contributed by atoms with Gasteiger partial charge in [-0.15, -0.1) is 0 Å². The minimum absolute atomic E-state index is 0.0916. The van der Waals surface area contributed by atoms with Gasteiger partial charge in [0, 0.05) is 39.3 Å². The van der Waals surface area contributed by atoms with E-state index < -0.39 is 0 Å². The molecule has 1 atom stereocenters. The van der Waals surface area contributed by atoms with E-state index in [1.807, 2.05) is 72.8 Å². The molecule has 0 saturated heterocycles. The van der Waals surface area contributed by atoms with Crippen LogP contribution in [0.2, 0.25) is 10.0 Å². The van der Waals surface area contributed by atoms with Gasteiger partial charge in [-0.25, -0.2) is 4.98 Å². The molecule has 0 fully saturated rings. The number of nitrogens with zero attached hydrogens (tertiary/aromatic N) is 1. The summed E-state index contributed by atoms with van der Waals surface area (Å²) in [6.45, 7) is 1.87. The van der Waals surface area contributed by atoms with Crippen molar-refractivity contribution in [3.8, 4) is 11.3 Å². The summed E-state index contributed by atoms with van der Waals surface area (Å²) in [6.07, 6.45) is 0.973. The summed E-state index contributed by atoms with van der Waals surface area (Å²) in [6, 6.07) is 22.6. The topological polar surface area (TPSA) is 59.1 Å². The molecule has 1 heterocycles. The van der Waals surface area contributed by atoms with Crippen LogP contribution in [0.4, 0.5) is 0 Å². The molecule has 7 heteroatoms. The standard InChI is InChI=1S/C28H23BrCl2N2O2/c1-17(34)11-12-19(21-9-5-6-10-23(21)30)16-32-28(35)25-22-15-20(29)13-14-24(22)33-27(26(25)31)18-7-3-2-4-8-18/h2-10,13-15,19H,11-12,16H2,1H3,(H,32,35). The Labute approximate surface area is 222 Å². The predicted octanol–water partition coefficient (Wildman–Crippen LogP) is 7.85. The van der Waals surface area contributed by atoms with Crippen LogP contribution in [0.3, 0.4) is 0 Å². The quantitative estimate of drug-likeness (QED) is 0.235. The molecule has 3 aromatic carbocycles. The molecule has 178 valence electrons. The lowest BCUT2D eigenvalue weighted by Crippen LogP contribution is -2.29. The highest BCUT2D eigenvalue weighted by Gasteiger charge is 2.23. The van der Waals surface area contributed by atoms with E-state index in [9.17, 15) is 9.59 Å². The smallest absolute Gasteiger partial charge is 0.253 e. The fraction of sp³-hybridized carbons (Fsp3) is 0.179. The minimum atomic E-state index is -0.308. The normalized spacial score (nSPS) is 11.9.